The van der Waals surface area contributed by atoms with Gasteiger partial charge in [0.2, 0.25) is 10.0 Å². The molecule has 0 bridgehead atoms. The first-order valence-electron chi connectivity index (χ1n) is 7.60. The molecule has 1 aliphatic carbocycles. The Balaban J connectivity index is 2.45. The normalized spacial score (nSPS) is 23.5. The Morgan fingerprint density at radius 3 is 2.43 bits per heavy atom. The fourth-order valence-corrected chi connectivity index (χ4v) is 5.34. The van der Waals surface area contributed by atoms with Crippen molar-refractivity contribution in [3.05, 3.63) is 23.3 Å². The van der Waals surface area contributed by atoms with Gasteiger partial charge in [-0.05, 0) is 49.8 Å². The number of sulfonamides is 1. The zero-order valence-corrected chi connectivity index (χ0v) is 14.2. The average molecular weight is 310 g/mol. The minimum Gasteiger partial charge on any atom is -0.398 e. The van der Waals surface area contributed by atoms with Gasteiger partial charge in [0.1, 0.15) is 0 Å². The number of hydrogen-bond acceptors (Lipinski definition) is 3. The number of hydrogen-bond donors (Lipinski definition) is 1. The number of rotatable bonds is 3. The van der Waals surface area contributed by atoms with Crippen LogP contribution in [0.2, 0.25) is 0 Å². The predicted octanol–water partition coefficient (Wildman–Crippen LogP) is 3.08. The van der Waals surface area contributed by atoms with Gasteiger partial charge in [-0.3, -0.25) is 0 Å². The second kappa shape index (κ2) is 5.97. The van der Waals surface area contributed by atoms with Crippen LogP contribution in [0, 0.1) is 19.8 Å². The highest BCUT2D eigenvalue weighted by atomic mass is 32.2. The van der Waals surface area contributed by atoms with Crippen LogP contribution in [0.4, 0.5) is 5.69 Å². The molecule has 0 heterocycles. The molecule has 1 aromatic rings. The van der Waals surface area contributed by atoms with Gasteiger partial charge in [-0.1, -0.05) is 25.8 Å². The third-order valence-corrected chi connectivity index (χ3v) is 6.99. The van der Waals surface area contributed by atoms with Gasteiger partial charge in [0, 0.05) is 18.8 Å². The summed E-state index contributed by atoms with van der Waals surface area (Å²) in [7, 11) is -1.79. The predicted molar refractivity (Wildman–Crippen MR) is 86.7 cm³/mol. The second-order valence-corrected chi connectivity index (χ2v) is 8.21. The third-order valence-electron chi connectivity index (χ3n) is 4.81. The summed E-state index contributed by atoms with van der Waals surface area (Å²) in [5.74, 6) is 0.403. The van der Waals surface area contributed by atoms with Crippen molar-refractivity contribution in [3.63, 3.8) is 0 Å². The van der Waals surface area contributed by atoms with Gasteiger partial charge in [0.15, 0.2) is 0 Å². The van der Waals surface area contributed by atoms with Crippen molar-refractivity contribution >= 4 is 15.7 Å². The molecule has 0 spiro atoms. The minimum absolute atomic E-state index is 0.0870. The summed E-state index contributed by atoms with van der Waals surface area (Å²) in [5, 5.41) is 0. The number of benzene rings is 1. The van der Waals surface area contributed by atoms with E-state index in [2.05, 4.69) is 6.92 Å². The SMILES string of the molecule is Cc1ccc(N)c(C)c1S(=O)(=O)N(C)C1CCCCC1C. The molecule has 1 fully saturated rings. The Kier molecular flexibility index (Phi) is 4.63. The lowest BCUT2D eigenvalue weighted by Crippen LogP contribution is -2.43. The standard InChI is InChI=1S/C16H26N2O2S/c1-11-7-5-6-8-15(11)18(4)21(19,20)16-12(2)9-10-14(17)13(16)3/h9-11,15H,5-8,17H2,1-4H3. The van der Waals surface area contributed by atoms with Gasteiger partial charge in [-0.2, -0.15) is 4.31 Å². The molecular weight excluding hydrogens is 284 g/mol. The molecule has 1 aliphatic rings. The van der Waals surface area contributed by atoms with Crippen LogP contribution in [-0.4, -0.2) is 25.8 Å². The topological polar surface area (TPSA) is 63.4 Å². The first-order chi connectivity index (χ1) is 9.76. The van der Waals surface area contributed by atoms with Crippen molar-refractivity contribution in [1.29, 1.82) is 0 Å². The van der Waals surface area contributed by atoms with Crippen molar-refractivity contribution in [1.82, 2.24) is 4.31 Å². The molecule has 21 heavy (non-hydrogen) atoms. The van der Waals surface area contributed by atoms with Crippen molar-refractivity contribution in [3.8, 4) is 0 Å². The van der Waals surface area contributed by atoms with Crippen molar-refractivity contribution in [2.45, 2.75) is 57.4 Å². The molecule has 2 atom stereocenters. The van der Waals surface area contributed by atoms with Crippen LogP contribution in [0.1, 0.15) is 43.7 Å². The van der Waals surface area contributed by atoms with E-state index in [4.69, 9.17) is 5.73 Å². The molecule has 1 aromatic carbocycles. The second-order valence-electron chi connectivity index (χ2n) is 6.28. The smallest absolute Gasteiger partial charge is 0.243 e. The van der Waals surface area contributed by atoms with Gasteiger partial charge >= 0.3 is 0 Å². The molecule has 2 unspecified atom stereocenters. The van der Waals surface area contributed by atoms with Crippen LogP contribution >= 0.6 is 0 Å². The van der Waals surface area contributed by atoms with Crippen LogP contribution in [0.3, 0.4) is 0 Å². The van der Waals surface area contributed by atoms with Crippen LogP contribution in [0.25, 0.3) is 0 Å². The van der Waals surface area contributed by atoms with E-state index in [1.807, 2.05) is 6.92 Å². The van der Waals surface area contributed by atoms with E-state index < -0.39 is 10.0 Å². The molecule has 118 valence electrons. The average Bonchev–Trinajstić information content (AvgIpc) is 2.43. The fourth-order valence-electron chi connectivity index (χ4n) is 3.40. The minimum atomic E-state index is -3.50. The molecule has 0 aliphatic heterocycles. The zero-order valence-electron chi connectivity index (χ0n) is 13.4. The molecule has 2 N–H and O–H groups in total. The van der Waals surface area contributed by atoms with E-state index in [0.29, 0.717) is 22.1 Å². The Morgan fingerprint density at radius 2 is 1.81 bits per heavy atom. The quantitative estimate of drug-likeness (QED) is 0.873. The largest absolute Gasteiger partial charge is 0.398 e. The Labute approximate surface area is 128 Å². The van der Waals surface area contributed by atoms with Crippen LogP contribution < -0.4 is 5.73 Å². The highest BCUT2D eigenvalue weighted by Gasteiger charge is 2.34. The van der Waals surface area contributed by atoms with Gasteiger partial charge in [0.25, 0.3) is 0 Å². The van der Waals surface area contributed by atoms with E-state index in [0.717, 1.165) is 24.8 Å². The van der Waals surface area contributed by atoms with Gasteiger partial charge in [-0.15, -0.1) is 0 Å². The summed E-state index contributed by atoms with van der Waals surface area (Å²) in [6.45, 7) is 5.76. The lowest BCUT2D eigenvalue weighted by atomic mass is 9.86. The van der Waals surface area contributed by atoms with E-state index in [-0.39, 0.29) is 6.04 Å². The monoisotopic (exact) mass is 310 g/mol. The summed E-state index contributed by atoms with van der Waals surface area (Å²) in [6, 6.07) is 3.64. The molecule has 0 amide bonds. The van der Waals surface area contributed by atoms with E-state index in [1.165, 1.54) is 6.42 Å². The molecule has 0 aromatic heterocycles. The maximum absolute atomic E-state index is 13.0. The van der Waals surface area contributed by atoms with Crippen LogP contribution in [0.15, 0.2) is 17.0 Å². The number of nitrogen functional groups attached to an aromatic ring is 1. The molecular formula is C16H26N2O2S. The van der Waals surface area contributed by atoms with Crippen LogP contribution in [-0.2, 0) is 10.0 Å². The molecule has 5 heteroatoms. The van der Waals surface area contributed by atoms with Crippen molar-refractivity contribution in [2.24, 2.45) is 5.92 Å². The van der Waals surface area contributed by atoms with Crippen molar-refractivity contribution < 1.29 is 8.42 Å². The highest BCUT2D eigenvalue weighted by Crippen LogP contribution is 2.33. The molecule has 0 saturated heterocycles. The number of anilines is 1. The first-order valence-corrected chi connectivity index (χ1v) is 9.04. The van der Waals surface area contributed by atoms with E-state index >= 15 is 0 Å². The highest BCUT2D eigenvalue weighted by molar-refractivity contribution is 7.89. The van der Waals surface area contributed by atoms with E-state index in [1.54, 1.807) is 30.4 Å². The zero-order chi connectivity index (χ0) is 15.8. The summed E-state index contributed by atoms with van der Waals surface area (Å²) >= 11 is 0. The van der Waals surface area contributed by atoms with Crippen molar-refractivity contribution in [2.75, 3.05) is 12.8 Å². The molecule has 2 rings (SSSR count). The number of nitrogens with zero attached hydrogens (tertiary/aromatic N) is 1. The molecule has 1 saturated carbocycles. The molecule has 0 radical (unpaired) electrons. The van der Waals surface area contributed by atoms with Crippen LogP contribution in [0.5, 0.6) is 0 Å². The number of aryl methyl sites for hydroxylation is 1. The Bertz CT molecular complexity index is 625. The summed E-state index contributed by atoms with van der Waals surface area (Å²) in [4.78, 5) is 0.378. The number of nitrogens with two attached hydrogens (primary N) is 1. The lowest BCUT2D eigenvalue weighted by molar-refractivity contribution is 0.213. The van der Waals surface area contributed by atoms with Gasteiger partial charge in [0.05, 0.1) is 4.90 Å². The maximum Gasteiger partial charge on any atom is 0.243 e. The van der Waals surface area contributed by atoms with Gasteiger partial charge < -0.3 is 5.73 Å². The Hall–Kier alpha value is -1.07. The maximum atomic E-state index is 13.0. The summed E-state index contributed by atoms with van der Waals surface area (Å²) in [6.07, 6.45) is 4.34. The van der Waals surface area contributed by atoms with E-state index in [9.17, 15) is 8.42 Å². The first kappa shape index (κ1) is 16.3. The Morgan fingerprint density at radius 1 is 1.19 bits per heavy atom. The summed E-state index contributed by atoms with van der Waals surface area (Å²) < 4.78 is 27.7. The van der Waals surface area contributed by atoms with Gasteiger partial charge in [-0.25, -0.2) is 8.42 Å². The fraction of sp³-hybridized carbons (Fsp3) is 0.625. The third kappa shape index (κ3) is 2.94. The summed E-state index contributed by atoms with van der Waals surface area (Å²) in [5.41, 5.74) is 7.86. The molecule has 4 nitrogen and oxygen atoms in total. The lowest BCUT2D eigenvalue weighted by Gasteiger charge is -2.36.